The molecule has 3 fully saturated rings. The first-order valence-electron chi connectivity index (χ1n) is 9.39. The third-order valence-corrected chi connectivity index (χ3v) is 6.96. The van der Waals surface area contributed by atoms with Crippen molar-refractivity contribution in [3.05, 3.63) is 0 Å². The van der Waals surface area contributed by atoms with Crippen LogP contribution in [0, 0.1) is 11.8 Å². The van der Waals surface area contributed by atoms with E-state index in [1.54, 1.807) is 0 Å². The highest BCUT2D eigenvalue weighted by Gasteiger charge is 2.30. The van der Waals surface area contributed by atoms with Gasteiger partial charge in [0.05, 0.1) is 11.5 Å². The van der Waals surface area contributed by atoms with Crippen LogP contribution in [0.3, 0.4) is 0 Å². The molecule has 0 spiro atoms. The number of hydrogen-bond donors (Lipinski definition) is 1. The van der Waals surface area contributed by atoms with E-state index in [0.717, 1.165) is 38.6 Å². The molecule has 2 heterocycles. The molecule has 3 rings (SSSR count). The van der Waals surface area contributed by atoms with Gasteiger partial charge in [-0.25, -0.2) is 8.42 Å². The molecule has 2 saturated heterocycles. The Morgan fingerprint density at radius 2 is 1.76 bits per heavy atom. The number of rotatable bonds is 4. The number of piperazine rings is 1. The molecule has 3 aliphatic rings. The molecule has 1 aliphatic carbocycles. The number of nitrogens with zero attached hydrogens (tertiary/aromatic N) is 3. The van der Waals surface area contributed by atoms with E-state index in [-0.39, 0.29) is 23.5 Å². The van der Waals surface area contributed by atoms with Crippen molar-refractivity contribution >= 4 is 21.7 Å². The minimum Gasteiger partial charge on any atom is -0.354 e. The molecule has 1 unspecified atom stereocenters. The summed E-state index contributed by atoms with van der Waals surface area (Å²) in [4.78, 5) is 21.0. The Morgan fingerprint density at radius 3 is 2.28 bits per heavy atom. The van der Waals surface area contributed by atoms with E-state index in [0.29, 0.717) is 18.3 Å². The standard InChI is InChI=1S/C17H30N4O3S/c1-13(2)16(22)20-6-8-21(9-7-20)17(19-15-3-4-15)18-11-14-5-10-25(23,24)12-14/h13-15H,3-12H2,1-2H3,(H,18,19). The van der Waals surface area contributed by atoms with E-state index in [1.165, 1.54) is 12.8 Å². The second-order valence-electron chi connectivity index (χ2n) is 7.82. The van der Waals surface area contributed by atoms with Crippen molar-refractivity contribution in [2.24, 2.45) is 16.8 Å². The molecule has 142 valence electrons. The normalized spacial score (nSPS) is 27.0. The summed E-state index contributed by atoms with van der Waals surface area (Å²) in [5, 5.41) is 3.50. The van der Waals surface area contributed by atoms with E-state index >= 15 is 0 Å². The lowest BCUT2D eigenvalue weighted by Crippen LogP contribution is -2.54. The zero-order chi connectivity index (χ0) is 18.0. The lowest BCUT2D eigenvalue weighted by atomic mass is 10.1. The topological polar surface area (TPSA) is 82.1 Å². The highest BCUT2D eigenvalue weighted by atomic mass is 32.2. The van der Waals surface area contributed by atoms with Crippen LogP contribution in [0.15, 0.2) is 4.99 Å². The maximum Gasteiger partial charge on any atom is 0.225 e. The van der Waals surface area contributed by atoms with Crippen LogP contribution in [0.1, 0.15) is 33.1 Å². The van der Waals surface area contributed by atoms with Crippen LogP contribution in [0.5, 0.6) is 0 Å². The number of sulfone groups is 1. The molecule has 0 aromatic rings. The van der Waals surface area contributed by atoms with Gasteiger partial charge in [-0.05, 0) is 25.2 Å². The first-order chi connectivity index (χ1) is 11.8. The monoisotopic (exact) mass is 370 g/mol. The van der Waals surface area contributed by atoms with Crippen molar-refractivity contribution in [1.82, 2.24) is 15.1 Å². The van der Waals surface area contributed by atoms with Crippen LogP contribution >= 0.6 is 0 Å². The van der Waals surface area contributed by atoms with Crippen LogP contribution < -0.4 is 5.32 Å². The molecule has 0 aromatic heterocycles. The molecule has 7 nitrogen and oxygen atoms in total. The number of carbonyl (C=O) groups is 1. The van der Waals surface area contributed by atoms with Gasteiger partial charge in [-0.3, -0.25) is 9.79 Å². The Morgan fingerprint density at radius 1 is 1.12 bits per heavy atom. The summed E-state index contributed by atoms with van der Waals surface area (Å²) in [6.45, 7) is 7.44. The maximum atomic E-state index is 12.1. The summed E-state index contributed by atoms with van der Waals surface area (Å²) in [5.74, 6) is 1.85. The highest BCUT2D eigenvalue weighted by Crippen LogP contribution is 2.21. The van der Waals surface area contributed by atoms with Gasteiger partial charge >= 0.3 is 0 Å². The molecule has 0 bridgehead atoms. The SMILES string of the molecule is CC(C)C(=O)N1CCN(C(=NCC2CCS(=O)(=O)C2)NC2CC2)CC1. The van der Waals surface area contributed by atoms with Crippen LogP contribution in [0.4, 0.5) is 0 Å². The lowest BCUT2D eigenvalue weighted by molar-refractivity contribution is -0.135. The Kier molecular flexibility index (Phi) is 5.55. The number of amides is 1. The average Bonchev–Trinajstić information content (AvgIpc) is 3.33. The van der Waals surface area contributed by atoms with Gasteiger partial charge in [-0.1, -0.05) is 13.8 Å². The Labute approximate surface area is 150 Å². The van der Waals surface area contributed by atoms with Gasteiger partial charge in [0.15, 0.2) is 15.8 Å². The quantitative estimate of drug-likeness (QED) is 0.570. The molecular formula is C17H30N4O3S. The fourth-order valence-corrected chi connectivity index (χ4v) is 5.23. The zero-order valence-electron chi connectivity index (χ0n) is 15.3. The summed E-state index contributed by atoms with van der Waals surface area (Å²) in [7, 11) is -2.85. The number of aliphatic imine (C=N–C) groups is 1. The van der Waals surface area contributed by atoms with E-state index in [4.69, 9.17) is 4.99 Å². The summed E-state index contributed by atoms with van der Waals surface area (Å²) < 4.78 is 23.2. The van der Waals surface area contributed by atoms with Crippen LogP contribution in [-0.4, -0.2) is 80.4 Å². The molecule has 0 aromatic carbocycles. The Balaban J connectivity index is 1.57. The van der Waals surface area contributed by atoms with Crippen molar-refractivity contribution in [3.63, 3.8) is 0 Å². The maximum absolute atomic E-state index is 12.1. The molecular weight excluding hydrogens is 340 g/mol. The van der Waals surface area contributed by atoms with Gasteiger partial charge in [-0.15, -0.1) is 0 Å². The summed E-state index contributed by atoms with van der Waals surface area (Å²) >= 11 is 0. The first kappa shape index (κ1) is 18.5. The van der Waals surface area contributed by atoms with Crippen LogP contribution in [0.25, 0.3) is 0 Å². The van der Waals surface area contributed by atoms with Crippen LogP contribution in [-0.2, 0) is 14.6 Å². The summed E-state index contributed by atoms with van der Waals surface area (Å²) in [5.41, 5.74) is 0. The lowest BCUT2D eigenvalue weighted by Gasteiger charge is -2.37. The second kappa shape index (κ2) is 7.51. The third kappa shape index (κ3) is 5.09. The van der Waals surface area contributed by atoms with Crippen molar-refractivity contribution in [2.45, 2.75) is 39.2 Å². The number of hydrogen-bond acceptors (Lipinski definition) is 4. The van der Waals surface area contributed by atoms with Gasteiger partial charge in [-0.2, -0.15) is 0 Å². The van der Waals surface area contributed by atoms with Gasteiger partial charge in [0, 0.05) is 44.7 Å². The van der Waals surface area contributed by atoms with Gasteiger partial charge in [0.25, 0.3) is 0 Å². The van der Waals surface area contributed by atoms with E-state index < -0.39 is 9.84 Å². The van der Waals surface area contributed by atoms with Gasteiger partial charge < -0.3 is 15.1 Å². The molecule has 1 amide bonds. The molecule has 1 atom stereocenters. The zero-order valence-corrected chi connectivity index (χ0v) is 16.1. The van der Waals surface area contributed by atoms with Crippen LogP contribution in [0.2, 0.25) is 0 Å². The molecule has 0 radical (unpaired) electrons. The fourth-order valence-electron chi connectivity index (χ4n) is 3.38. The first-order valence-corrected chi connectivity index (χ1v) is 11.2. The highest BCUT2D eigenvalue weighted by molar-refractivity contribution is 7.91. The number of carbonyl (C=O) groups excluding carboxylic acids is 1. The van der Waals surface area contributed by atoms with Crippen molar-refractivity contribution < 1.29 is 13.2 Å². The minimum absolute atomic E-state index is 0.0357. The van der Waals surface area contributed by atoms with Gasteiger partial charge in [0.2, 0.25) is 5.91 Å². The predicted octanol–water partition coefficient (Wildman–Crippen LogP) is 0.329. The van der Waals surface area contributed by atoms with Crippen molar-refractivity contribution in [1.29, 1.82) is 0 Å². The average molecular weight is 371 g/mol. The molecule has 2 aliphatic heterocycles. The third-order valence-electron chi connectivity index (χ3n) is 5.12. The van der Waals surface area contributed by atoms with Crippen molar-refractivity contribution in [3.8, 4) is 0 Å². The minimum atomic E-state index is -2.85. The van der Waals surface area contributed by atoms with Crippen molar-refractivity contribution in [2.75, 3.05) is 44.2 Å². The van der Waals surface area contributed by atoms with E-state index in [1.807, 2.05) is 18.7 Å². The molecule has 25 heavy (non-hydrogen) atoms. The fraction of sp³-hybridized carbons (Fsp3) is 0.882. The Hall–Kier alpha value is -1.31. The van der Waals surface area contributed by atoms with E-state index in [2.05, 4.69) is 10.2 Å². The smallest absolute Gasteiger partial charge is 0.225 e. The second-order valence-corrected chi connectivity index (χ2v) is 10.0. The molecule has 1 N–H and O–H groups in total. The summed E-state index contributed by atoms with van der Waals surface area (Å²) in [6.07, 6.45) is 3.06. The molecule has 1 saturated carbocycles. The predicted molar refractivity (Wildman–Crippen MR) is 98.2 cm³/mol. The number of nitrogens with one attached hydrogen (secondary N) is 1. The Bertz CT molecular complexity index is 620. The van der Waals surface area contributed by atoms with Gasteiger partial charge in [0.1, 0.15) is 0 Å². The summed E-state index contributed by atoms with van der Waals surface area (Å²) in [6, 6.07) is 0.501. The molecule has 8 heteroatoms. The van der Waals surface area contributed by atoms with E-state index in [9.17, 15) is 13.2 Å². The number of guanidine groups is 1. The largest absolute Gasteiger partial charge is 0.354 e.